The number of phenolic OH excluding ortho intramolecular Hbond substituents is 1. The van der Waals surface area contributed by atoms with E-state index in [0.29, 0.717) is 28.3 Å². The van der Waals surface area contributed by atoms with E-state index in [4.69, 9.17) is 16.6 Å². The third-order valence-electron chi connectivity index (χ3n) is 4.06. The maximum absolute atomic E-state index is 11.6. The quantitative estimate of drug-likeness (QED) is 0.313. The van der Waals surface area contributed by atoms with Gasteiger partial charge in [-0.05, 0) is 42.9 Å². The molecular formula is C20H19N3O3S. The van der Waals surface area contributed by atoms with Crippen LogP contribution in [0.2, 0.25) is 0 Å². The number of nitrogens with one attached hydrogen (secondary N) is 1. The fourth-order valence-corrected chi connectivity index (χ4v) is 2.78. The van der Waals surface area contributed by atoms with E-state index in [9.17, 15) is 9.90 Å². The minimum atomic E-state index is -0.492. The van der Waals surface area contributed by atoms with Gasteiger partial charge in [0.15, 0.2) is 10.7 Å². The van der Waals surface area contributed by atoms with Gasteiger partial charge in [-0.15, -0.1) is 0 Å². The van der Waals surface area contributed by atoms with Gasteiger partial charge in [0.05, 0.1) is 11.3 Å². The zero-order valence-electron chi connectivity index (χ0n) is 15.0. The standard InChI is InChI=1S/C20H19N3O3S/c1-13(18-16(24)10-8-15-9-11-17(25)26-19(15)18)21-22-20(27)23(2)12-14-6-4-3-5-7-14/h3-11,24H,12H2,1-2H3,(H,22,27)/b21-13+. The van der Waals surface area contributed by atoms with Crippen molar-refractivity contribution < 1.29 is 9.52 Å². The first kappa shape index (κ1) is 18.6. The maximum atomic E-state index is 11.6. The molecule has 6 nitrogen and oxygen atoms in total. The van der Waals surface area contributed by atoms with Crippen molar-refractivity contribution in [2.45, 2.75) is 13.5 Å². The molecule has 0 atom stereocenters. The number of hydrogen-bond acceptors (Lipinski definition) is 5. The summed E-state index contributed by atoms with van der Waals surface area (Å²) in [4.78, 5) is 13.4. The van der Waals surface area contributed by atoms with Gasteiger partial charge in [0.25, 0.3) is 0 Å². The molecule has 1 heterocycles. The van der Waals surface area contributed by atoms with Crippen LogP contribution in [0.5, 0.6) is 5.75 Å². The summed E-state index contributed by atoms with van der Waals surface area (Å²) < 4.78 is 5.26. The lowest BCUT2D eigenvalue weighted by Gasteiger charge is -2.19. The first-order valence-corrected chi connectivity index (χ1v) is 8.72. The number of hydrazone groups is 1. The smallest absolute Gasteiger partial charge is 0.336 e. The van der Waals surface area contributed by atoms with Crippen LogP contribution in [-0.4, -0.2) is 27.9 Å². The molecule has 27 heavy (non-hydrogen) atoms. The van der Waals surface area contributed by atoms with Crippen LogP contribution in [0.4, 0.5) is 0 Å². The minimum absolute atomic E-state index is 0.0246. The molecule has 2 N–H and O–H groups in total. The van der Waals surface area contributed by atoms with Crippen LogP contribution in [0.3, 0.4) is 0 Å². The highest BCUT2D eigenvalue weighted by Gasteiger charge is 2.13. The third kappa shape index (κ3) is 4.32. The number of fused-ring (bicyclic) bond motifs is 1. The molecule has 0 spiro atoms. The van der Waals surface area contributed by atoms with Crippen molar-refractivity contribution >= 4 is 34.0 Å². The minimum Gasteiger partial charge on any atom is -0.507 e. The molecule has 0 saturated heterocycles. The van der Waals surface area contributed by atoms with Crippen molar-refractivity contribution in [2.24, 2.45) is 5.10 Å². The summed E-state index contributed by atoms with van der Waals surface area (Å²) in [7, 11) is 1.86. The molecule has 0 unspecified atom stereocenters. The zero-order chi connectivity index (χ0) is 19.4. The van der Waals surface area contributed by atoms with E-state index in [0.717, 1.165) is 5.56 Å². The molecule has 3 aromatic rings. The summed E-state index contributed by atoms with van der Waals surface area (Å²) in [6, 6.07) is 16.1. The van der Waals surface area contributed by atoms with Crippen LogP contribution in [0.1, 0.15) is 18.1 Å². The Kier molecular flexibility index (Phi) is 5.52. The molecule has 7 heteroatoms. The molecule has 0 amide bonds. The number of rotatable bonds is 4. The summed E-state index contributed by atoms with van der Waals surface area (Å²) in [6.45, 7) is 2.34. The van der Waals surface area contributed by atoms with Gasteiger partial charge < -0.3 is 14.4 Å². The Labute approximate surface area is 161 Å². The molecule has 2 aromatic carbocycles. The van der Waals surface area contributed by atoms with Gasteiger partial charge in [-0.2, -0.15) is 5.10 Å². The van der Waals surface area contributed by atoms with Gasteiger partial charge in [-0.3, -0.25) is 5.43 Å². The van der Waals surface area contributed by atoms with E-state index in [-0.39, 0.29) is 11.3 Å². The van der Waals surface area contributed by atoms with Gasteiger partial charge >= 0.3 is 5.63 Å². The Bertz CT molecular complexity index is 1060. The van der Waals surface area contributed by atoms with Crippen molar-refractivity contribution in [3.63, 3.8) is 0 Å². The number of thiocarbonyl (C=S) groups is 1. The summed E-state index contributed by atoms with van der Waals surface area (Å²) >= 11 is 5.37. The Balaban J connectivity index is 1.80. The molecule has 1 aromatic heterocycles. The molecule has 138 valence electrons. The van der Waals surface area contributed by atoms with Gasteiger partial charge in [0, 0.05) is 25.0 Å². The molecule has 0 aliphatic carbocycles. The molecule has 0 aliphatic rings. The van der Waals surface area contributed by atoms with E-state index < -0.39 is 5.63 Å². The van der Waals surface area contributed by atoms with Gasteiger partial charge in [-0.1, -0.05) is 30.3 Å². The number of phenols is 1. The van der Waals surface area contributed by atoms with Crippen molar-refractivity contribution in [2.75, 3.05) is 7.05 Å². The number of aromatic hydroxyl groups is 1. The van der Waals surface area contributed by atoms with E-state index in [1.807, 2.05) is 42.3 Å². The van der Waals surface area contributed by atoms with Crippen LogP contribution in [0.15, 0.2) is 68.9 Å². The SMILES string of the molecule is C/C(=N\NC(=S)N(C)Cc1ccccc1)c1c(O)ccc2ccc(=O)oc12. The second kappa shape index (κ2) is 8.01. The lowest BCUT2D eigenvalue weighted by molar-refractivity contribution is 0.471. The molecule has 0 aliphatic heterocycles. The average molecular weight is 381 g/mol. The van der Waals surface area contributed by atoms with Gasteiger partial charge in [-0.25, -0.2) is 4.79 Å². The summed E-state index contributed by atoms with van der Waals surface area (Å²) in [6.07, 6.45) is 0. The fraction of sp³-hybridized carbons (Fsp3) is 0.150. The fourth-order valence-electron chi connectivity index (χ4n) is 2.67. The Morgan fingerprint density at radius 1 is 1.19 bits per heavy atom. The first-order valence-electron chi connectivity index (χ1n) is 8.31. The molecule has 0 saturated carbocycles. The second-order valence-corrected chi connectivity index (χ2v) is 6.47. The Morgan fingerprint density at radius 3 is 2.63 bits per heavy atom. The van der Waals surface area contributed by atoms with Crippen LogP contribution >= 0.6 is 12.2 Å². The molecular weight excluding hydrogens is 362 g/mol. The van der Waals surface area contributed by atoms with E-state index in [1.54, 1.807) is 19.1 Å². The lowest BCUT2D eigenvalue weighted by Crippen LogP contribution is -2.34. The maximum Gasteiger partial charge on any atom is 0.336 e. The summed E-state index contributed by atoms with van der Waals surface area (Å²) in [5.74, 6) is -0.0246. The van der Waals surface area contributed by atoms with E-state index in [2.05, 4.69) is 10.5 Å². The molecule has 0 fully saturated rings. The van der Waals surface area contributed by atoms with Crippen molar-refractivity contribution in [1.82, 2.24) is 10.3 Å². The van der Waals surface area contributed by atoms with Crippen LogP contribution in [0.25, 0.3) is 11.0 Å². The topological polar surface area (TPSA) is 78.1 Å². The highest BCUT2D eigenvalue weighted by atomic mass is 32.1. The number of nitrogens with zero attached hydrogens (tertiary/aromatic N) is 2. The Hall–Kier alpha value is -3.19. The first-order chi connectivity index (χ1) is 13.0. The summed E-state index contributed by atoms with van der Waals surface area (Å²) in [5, 5.41) is 15.6. The Morgan fingerprint density at radius 2 is 1.89 bits per heavy atom. The van der Waals surface area contributed by atoms with Crippen LogP contribution in [-0.2, 0) is 6.54 Å². The normalized spacial score (nSPS) is 11.4. The predicted octanol–water partition coefficient (Wildman–Crippen LogP) is 3.23. The van der Waals surface area contributed by atoms with E-state index in [1.165, 1.54) is 12.1 Å². The average Bonchev–Trinajstić information content (AvgIpc) is 2.66. The number of hydrogen-bond donors (Lipinski definition) is 2. The molecule has 0 radical (unpaired) electrons. The van der Waals surface area contributed by atoms with Crippen molar-refractivity contribution in [1.29, 1.82) is 0 Å². The van der Waals surface area contributed by atoms with Gasteiger partial charge in [0.2, 0.25) is 0 Å². The predicted molar refractivity (Wildman–Crippen MR) is 110 cm³/mol. The highest BCUT2D eigenvalue weighted by Crippen LogP contribution is 2.26. The van der Waals surface area contributed by atoms with E-state index >= 15 is 0 Å². The monoisotopic (exact) mass is 381 g/mol. The molecule has 3 rings (SSSR count). The third-order valence-corrected chi connectivity index (χ3v) is 4.46. The second-order valence-electron chi connectivity index (χ2n) is 6.09. The van der Waals surface area contributed by atoms with Gasteiger partial charge in [0.1, 0.15) is 5.75 Å². The zero-order valence-corrected chi connectivity index (χ0v) is 15.8. The largest absolute Gasteiger partial charge is 0.507 e. The van der Waals surface area contributed by atoms with Crippen LogP contribution < -0.4 is 11.1 Å². The lowest BCUT2D eigenvalue weighted by atomic mass is 10.1. The highest BCUT2D eigenvalue weighted by molar-refractivity contribution is 7.80. The number of benzene rings is 2. The van der Waals surface area contributed by atoms with Crippen molar-refractivity contribution in [3.8, 4) is 5.75 Å². The van der Waals surface area contributed by atoms with Crippen molar-refractivity contribution in [3.05, 3.63) is 76.1 Å². The molecule has 0 bridgehead atoms. The van der Waals surface area contributed by atoms with Crippen LogP contribution in [0, 0.1) is 0 Å². The summed E-state index contributed by atoms with van der Waals surface area (Å²) in [5.41, 5.74) is 4.54.